The van der Waals surface area contributed by atoms with Gasteiger partial charge in [0, 0.05) is 24.7 Å². The van der Waals surface area contributed by atoms with Crippen molar-refractivity contribution in [3.63, 3.8) is 0 Å². The molecule has 118 valence electrons. The number of benzene rings is 1. The van der Waals surface area contributed by atoms with Gasteiger partial charge in [0.15, 0.2) is 0 Å². The van der Waals surface area contributed by atoms with E-state index in [1.165, 1.54) is 19.3 Å². The molecule has 1 aromatic rings. The van der Waals surface area contributed by atoms with Crippen LogP contribution in [0.2, 0.25) is 0 Å². The van der Waals surface area contributed by atoms with Gasteiger partial charge in [-0.25, -0.2) is 0 Å². The van der Waals surface area contributed by atoms with Gasteiger partial charge in [-0.2, -0.15) is 0 Å². The Morgan fingerprint density at radius 1 is 1.29 bits per heavy atom. The fraction of sp³-hybridized carbons (Fsp3) is 0.562. The Hall–Kier alpha value is -1.10. The third-order valence-electron chi connectivity index (χ3n) is 3.92. The molecule has 0 radical (unpaired) electrons. The predicted molar refractivity (Wildman–Crippen MR) is 90.1 cm³/mol. The molecule has 4 nitrogen and oxygen atoms in total. The van der Waals surface area contributed by atoms with Crippen molar-refractivity contribution in [1.29, 1.82) is 0 Å². The lowest BCUT2D eigenvalue weighted by atomic mass is 10.1. The summed E-state index contributed by atoms with van der Waals surface area (Å²) in [6, 6.07) is 10.2. The molecular weight excluding hydrogens is 286 g/mol. The van der Waals surface area contributed by atoms with Gasteiger partial charge in [0.05, 0.1) is 0 Å². The SMILES string of the molecule is CN(CCC(=O)Nc1ccccc1)C1CCCNCC1.Cl. The highest BCUT2D eigenvalue weighted by Crippen LogP contribution is 2.12. The third kappa shape index (κ3) is 6.46. The van der Waals surface area contributed by atoms with Gasteiger partial charge in [0.2, 0.25) is 5.91 Å². The number of hydrogen-bond donors (Lipinski definition) is 2. The monoisotopic (exact) mass is 311 g/mol. The molecular formula is C16H26ClN3O. The second kappa shape index (κ2) is 9.77. The second-order valence-electron chi connectivity index (χ2n) is 5.48. The number of amides is 1. The van der Waals surface area contributed by atoms with E-state index in [-0.39, 0.29) is 18.3 Å². The minimum Gasteiger partial charge on any atom is -0.326 e. The van der Waals surface area contributed by atoms with Crippen LogP contribution in [-0.4, -0.2) is 43.5 Å². The molecule has 0 aliphatic carbocycles. The maximum atomic E-state index is 11.9. The standard InChI is InChI=1S/C16H25N3O.ClH/c1-19(15-8-5-11-17-12-9-15)13-10-16(20)18-14-6-3-2-4-7-14;/h2-4,6-7,15,17H,5,8-13H2,1H3,(H,18,20);1H. The van der Waals surface area contributed by atoms with Crippen molar-refractivity contribution in [2.24, 2.45) is 0 Å². The van der Waals surface area contributed by atoms with E-state index in [2.05, 4.69) is 22.6 Å². The zero-order valence-corrected chi connectivity index (χ0v) is 13.5. The molecule has 0 bridgehead atoms. The fourth-order valence-electron chi connectivity index (χ4n) is 2.65. The highest BCUT2D eigenvalue weighted by atomic mass is 35.5. The van der Waals surface area contributed by atoms with E-state index >= 15 is 0 Å². The second-order valence-corrected chi connectivity index (χ2v) is 5.48. The number of halogens is 1. The Bertz CT molecular complexity index is 405. The molecule has 1 aromatic carbocycles. The average Bonchev–Trinajstić information content (AvgIpc) is 2.75. The first-order valence-corrected chi connectivity index (χ1v) is 7.51. The molecule has 1 aliphatic heterocycles. The highest BCUT2D eigenvalue weighted by molar-refractivity contribution is 5.90. The normalized spacial score (nSPS) is 18.7. The van der Waals surface area contributed by atoms with E-state index in [9.17, 15) is 4.79 Å². The van der Waals surface area contributed by atoms with Gasteiger partial charge in [0.25, 0.3) is 0 Å². The predicted octanol–water partition coefficient (Wildman–Crippen LogP) is 2.51. The van der Waals surface area contributed by atoms with Crippen LogP contribution in [0.15, 0.2) is 30.3 Å². The quantitative estimate of drug-likeness (QED) is 0.878. The number of para-hydroxylation sites is 1. The molecule has 0 spiro atoms. The van der Waals surface area contributed by atoms with E-state index in [0.29, 0.717) is 12.5 Å². The Balaban J connectivity index is 0.00000220. The van der Waals surface area contributed by atoms with Crippen LogP contribution in [0.1, 0.15) is 25.7 Å². The molecule has 1 aliphatic rings. The van der Waals surface area contributed by atoms with Crippen molar-refractivity contribution in [3.8, 4) is 0 Å². The number of nitrogens with one attached hydrogen (secondary N) is 2. The van der Waals surface area contributed by atoms with Crippen LogP contribution in [0, 0.1) is 0 Å². The van der Waals surface area contributed by atoms with E-state index in [4.69, 9.17) is 0 Å². The molecule has 1 atom stereocenters. The van der Waals surface area contributed by atoms with Gasteiger partial charge in [-0.1, -0.05) is 18.2 Å². The van der Waals surface area contributed by atoms with Gasteiger partial charge >= 0.3 is 0 Å². The average molecular weight is 312 g/mol. The Morgan fingerprint density at radius 3 is 2.81 bits per heavy atom. The van der Waals surface area contributed by atoms with Crippen molar-refractivity contribution in [2.45, 2.75) is 31.7 Å². The van der Waals surface area contributed by atoms with Crippen molar-refractivity contribution >= 4 is 24.0 Å². The van der Waals surface area contributed by atoms with E-state index in [1.807, 2.05) is 30.3 Å². The molecule has 0 saturated carbocycles. The molecule has 5 heteroatoms. The Labute approximate surface area is 133 Å². The minimum atomic E-state index is 0. The van der Waals surface area contributed by atoms with Crippen LogP contribution < -0.4 is 10.6 Å². The van der Waals surface area contributed by atoms with Crippen LogP contribution in [-0.2, 0) is 4.79 Å². The Kier molecular flexibility index (Phi) is 8.35. The number of rotatable bonds is 5. The fourth-order valence-corrected chi connectivity index (χ4v) is 2.65. The van der Waals surface area contributed by atoms with Crippen molar-refractivity contribution in [1.82, 2.24) is 10.2 Å². The van der Waals surface area contributed by atoms with Gasteiger partial charge in [-0.05, 0) is 51.5 Å². The van der Waals surface area contributed by atoms with Gasteiger partial charge in [-0.3, -0.25) is 4.79 Å². The van der Waals surface area contributed by atoms with Crippen LogP contribution in [0.5, 0.6) is 0 Å². The smallest absolute Gasteiger partial charge is 0.225 e. The van der Waals surface area contributed by atoms with Gasteiger partial charge < -0.3 is 15.5 Å². The first-order valence-electron chi connectivity index (χ1n) is 7.51. The summed E-state index contributed by atoms with van der Waals surface area (Å²) in [7, 11) is 2.13. The van der Waals surface area contributed by atoms with E-state index in [0.717, 1.165) is 25.3 Å². The van der Waals surface area contributed by atoms with E-state index in [1.54, 1.807) is 0 Å². The summed E-state index contributed by atoms with van der Waals surface area (Å²) in [5, 5.41) is 6.36. The summed E-state index contributed by atoms with van der Waals surface area (Å²) in [4.78, 5) is 14.2. The first kappa shape index (κ1) is 18.0. The van der Waals surface area contributed by atoms with Crippen molar-refractivity contribution in [3.05, 3.63) is 30.3 Å². The zero-order chi connectivity index (χ0) is 14.2. The van der Waals surface area contributed by atoms with Crippen molar-refractivity contribution in [2.75, 3.05) is 32.0 Å². The maximum Gasteiger partial charge on any atom is 0.225 e. The molecule has 2 rings (SSSR count). The molecule has 0 aromatic heterocycles. The molecule has 1 heterocycles. The number of carbonyl (C=O) groups excluding carboxylic acids is 1. The maximum absolute atomic E-state index is 11.9. The summed E-state index contributed by atoms with van der Waals surface area (Å²) in [5.74, 6) is 0.0924. The van der Waals surface area contributed by atoms with Gasteiger partial charge in [-0.15, -0.1) is 12.4 Å². The van der Waals surface area contributed by atoms with E-state index < -0.39 is 0 Å². The molecule has 2 N–H and O–H groups in total. The van der Waals surface area contributed by atoms with Crippen molar-refractivity contribution < 1.29 is 4.79 Å². The summed E-state index contributed by atoms with van der Waals surface area (Å²) < 4.78 is 0. The van der Waals surface area contributed by atoms with Crippen LogP contribution >= 0.6 is 12.4 Å². The minimum absolute atomic E-state index is 0. The number of hydrogen-bond acceptors (Lipinski definition) is 3. The van der Waals surface area contributed by atoms with Crippen LogP contribution in [0.4, 0.5) is 5.69 Å². The van der Waals surface area contributed by atoms with Gasteiger partial charge in [0.1, 0.15) is 0 Å². The number of carbonyl (C=O) groups is 1. The molecule has 21 heavy (non-hydrogen) atoms. The van der Waals surface area contributed by atoms with Crippen LogP contribution in [0.25, 0.3) is 0 Å². The van der Waals surface area contributed by atoms with Crippen LogP contribution in [0.3, 0.4) is 0 Å². The zero-order valence-electron chi connectivity index (χ0n) is 12.7. The molecule has 1 unspecified atom stereocenters. The molecule has 1 fully saturated rings. The topological polar surface area (TPSA) is 44.4 Å². The molecule has 1 amide bonds. The summed E-state index contributed by atoms with van der Waals surface area (Å²) >= 11 is 0. The first-order chi connectivity index (χ1) is 9.75. The third-order valence-corrected chi connectivity index (χ3v) is 3.92. The number of nitrogens with zero attached hydrogens (tertiary/aromatic N) is 1. The lowest BCUT2D eigenvalue weighted by molar-refractivity contribution is -0.116. The Morgan fingerprint density at radius 2 is 2.05 bits per heavy atom. The summed E-state index contributed by atoms with van der Waals surface area (Å²) in [6.45, 7) is 3.04. The largest absolute Gasteiger partial charge is 0.326 e. The summed E-state index contributed by atoms with van der Waals surface area (Å²) in [5.41, 5.74) is 0.874. The highest BCUT2D eigenvalue weighted by Gasteiger charge is 2.17. The number of anilines is 1. The summed E-state index contributed by atoms with van der Waals surface area (Å²) in [6.07, 6.45) is 4.18. The lowest BCUT2D eigenvalue weighted by Crippen LogP contribution is -2.34. The molecule has 1 saturated heterocycles. The lowest BCUT2D eigenvalue weighted by Gasteiger charge is -2.26.